The van der Waals surface area contributed by atoms with Crippen molar-refractivity contribution < 1.29 is 200 Å². The van der Waals surface area contributed by atoms with Gasteiger partial charge in [0, 0.05) is 29.7 Å². The van der Waals surface area contributed by atoms with Gasteiger partial charge in [-0.1, -0.05) is 11.5 Å². The number of non-ortho nitro benzene ring substituents is 2. The van der Waals surface area contributed by atoms with Crippen LogP contribution in [0.1, 0.15) is 15.9 Å². The number of hydrazone groups is 2. The molecule has 7 rings (SSSR count). The zero-order chi connectivity index (χ0) is 52.8. The topological polar surface area (TPSA) is 488 Å². The van der Waals surface area contributed by atoms with E-state index in [1.165, 1.54) is 0 Å². The molecule has 76 heavy (non-hydrogen) atoms. The van der Waals surface area contributed by atoms with Gasteiger partial charge in [-0.3, -0.25) is 49.8 Å². The van der Waals surface area contributed by atoms with Crippen LogP contribution in [0.25, 0.3) is 16.8 Å². The van der Waals surface area contributed by atoms with Gasteiger partial charge in [-0.15, -0.1) is 10.2 Å². The van der Waals surface area contributed by atoms with Crippen LogP contribution in [0.15, 0.2) is 153 Å². The third-order valence-electron chi connectivity index (χ3n) is 9.63. The molecular weight excluding hydrogens is 1140 g/mol. The number of hydrogen-bond donors (Lipinski definition) is 4. The predicted octanol–water partition coefficient (Wildman–Crippen LogP) is -8.63. The van der Waals surface area contributed by atoms with Gasteiger partial charge in [0.15, 0.2) is 0 Å². The van der Waals surface area contributed by atoms with Gasteiger partial charge in [-0.2, -0.15) is 37.3 Å². The molecule has 0 saturated carbocycles. The molecule has 0 fully saturated rings. The summed E-state index contributed by atoms with van der Waals surface area (Å²) in [5, 5.41) is 69.8. The molecular formula is C38H20N10Na4O20S4. The van der Waals surface area contributed by atoms with E-state index in [9.17, 15) is 91.9 Å². The van der Waals surface area contributed by atoms with E-state index in [0.717, 1.165) is 48.5 Å². The number of fused-ring (bicyclic) bond motifs is 2. The molecule has 0 aliphatic heterocycles. The number of azo groups is 2. The molecule has 4 N–H and O–H groups in total. The Labute approximate surface area is 514 Å². The quantitative estimate of drug-likeness (QED) is 0.0200. The van der Waals surface area contributed by atoms with Crippen LogP contribution in [0.3, 0.4) is 0 Å². The number of nitrogens with one attached hydrogen (secondary N) is 2. The number of allylic oxidation sites excluding steroid dienone is 3. The molecule has 0 aromatic heterocycles. The van der Waals surface area contributed by atoms with E-state index < -0.39 is 155 Å². The summed E-state index contributed by atoms with van der Waals surface area (Å²) in [7, 11) is -21.7. The molecule has 0 radical (unpaired) electrons. The summed E-state index contributed by atoms with van der Waals surface area (Å²) in [6.07, 6.45) is 1.46. The smallest absolute Gasteiger partial charge is 0.871 e. The van der Waals surface area contributed by atoms with Crippen molar-refractivity contribution in [2.24, 2.45) is 30.7 Å². The standard InChI is InChI=1S/C38H24N10O20S4.4Na/c49-29-16-30(50)26(42-44-28-14-24(70(60,61)62)10-18-12-32(72(66,67)68)36(38(52)34(18)28)46-40-20-3-7-22(8-4-20)48(55)56)15-25(29)41-43-27-13-23(69(57,58)59)9-17-11-31(71(63,64)65)35(37(51)33(17)27)45-39-19-1-5-21(6-2-19)47(53)54;;;;/h1-16,39,44,49,52H,(H,57,58,59)(H,60,61,62)(H,63,64,65)(H,66,67,68);;;;/q;4*+1/p-4. The molecule has 5 aromatic carbocycles. The van der Waals surface area contributed by atoms with E-state index in [1.807, 2.05) is 0 Å². The minimum Gasteiger partial charge on any atom is -0.871 e. The Morgan fingerprint density at radius 2 is 1.17 bits per heavy atom. The molecule has 2 aliphatic carbocycles. The molecule has 30 nitrogen and oxygen atoms in total. The molecule has 0 bridgehead atoms. The van der Waals surface area contributed by atoms with Gasteiger partial charge in [0.25, 0.3) is 31.6 Å². The average molecular weight is 1160 g/mol. The van der Waals surface area contributed by atoms with Crippen LogP contribution in [0.4, 0.5) is 39.8 Å². The molecule has 0 unspecified atom stereocenters. The molecule has 0 heterocycles. The first kappa shape index (κ1) is 65.4. The first-order valence-corrected chi connectivity index (χ1v) is 24.5. The number of Topliss-reactive ketones (excluding diaryl/α,β-unsaturated/α-hetero) is 1. The second-order valence-corrected chi connectivity index (χ2v) is 19.8. The number of carbonyl (C=O) groups is 2. The zero-order valence-corrected chi connectivity index (χ0v) is 50.0. The fourth-order valence-electron chi connectivity index (χ4n) is 6.37. The van der Waals surface area contributed by atoms with Crippen LogP contribution in [-0.2, 0) is 45.3 Å². The second-order valence-electron chi connectivity index (χ2n) is 14.3. The third kappa shape index (κ3) is 14.8. The first-order valence-electron chi connectivity index (χ1n) is 18.8. The number of ketones is 2. The summed E-state index contributed by atoms with van der Waals surface area (Å²) in [6.45, 7) is 0. The van der Waals surface area contributed by atoms with Crippen LogP contribution in [0, 0.1) is 20.2 Å². The Bertz CT molecular complexity index is 3990. The molecule has 5 aromatic rings. The van der Waals surface area contributed by atoms with Crippen LogP contribution >= 0.6 is 0 Å². The summed E-state index contributed by atoms with van der Waals surface area (Å²) in [5.41, 5.74) is -3.55. The van der Waals surface area contributed by atoms with Gasteiger partial charge in [0.1, 0.15) is 31.7 Å². The Balaban J connectivity index is 0.00000380. The van der Waals surface area contributed by atoms with Gasteiger partial charge >= 0.3 is 118 Å². The second kappa shape index (κ2) is 25.3. The van der Waals surface area contributed by atoms with Crippen LogP contribution < -0.4 is 139 Å². The zero-order valence-electron chi connectivity index (χ0n) is 38.7. The Hall–Kier alpha value is -4.90. The van der Waals surface area contributed by atoms with Crippen LogP contribution in [0.5, 0.6) is 5.75 Å². The normalized spacial score (nSPS) is 14.9. The molecule has 0 spiro atoms. The fourth-order valence-corrected chi connectivity index (χ4v) is 8.74. The monoisotopic (exact) mass is 1160 g/mol. The molecule has 2 aliphatic rings. The Morgan fingerprint density at radius 1 is 0.605 bits per heavy atom. The van der Waals surface area contributed by atoms with Gasteiger partial charge in [0.2, 0.25) is 11.6 Å². The predicted molar refractivity (Wildman–Crippen MR) is 238 cm³/mol. The SMILES string of the molecule is O=C1C=C([O-])C(N=Nc2cc(S(=O)(=O)O)cc3c2C(=O)C(=NNc2ccc([N+](=O)[O-])cc2)C(S(=O)(=O)[O-])=C3)=CC1=NNc1cc(S(=O)(=O)O)cc2cc(S(=O)(=O)[O-])c(N=Nc3ccc([N+](=O)[O-])cc3)c([O-])c12.[Na+].[Na+].[Na+].[Na+]. The van der Waals surface area contributed by atoms with Crippen molar-refractivity contribution in [1.29, 1.82) is 0 Å². The molecule has 0 atom stereocenters. The third-order valence-corrected chi connectivity index (χ3v) is 13.0. The van der Waals surface area contributed by atoms with E-state index in [2.05, 4.69) is 41.5 Å². The molecule has 38 heteroatoms. The Morgan fingerprint density at radius 3 is 1.71 bits per heavy atom. The summed E-state index contributed by atoms with van der Waals surface area (Å²) in [6, 6.07) is 11.0. The number of nitro benzene ring substituents is 2. The minimum absolute atomic E-state index is 0. The van der Waals surface area contributed by atoms with Crippen molar-refractivity contribution in [2.75, 3.05) is 10.9 Å². The summed E-state index contributed by atoms with van der Waals surface area (Å²) < 4.78 is 143. The Kier molecular flexibility index (Phi) is 21.7. The number of nitrogens with zero attached hydrogens (tertiary/aromatic N) is 8. The maximum atomic E-state index is 13.9. The van der Waals surface area contributed by atoms with Crippen LogP contribution in [0.2, 0.25) is 0 Å². The van der Waals surface area contributed by atoms with Gasteiger partial charge < -0.3 is 19.3 Å². The molecule has 0 amide bonds. The maximum absolute atomic E-state index is 13.9. The van der Waals surface area contributed by atoms with Crippen molar-refractivity contribution in [3.8, 4) is 5.75 Å². The number of carbonyl (C=O) groups excluding carboxylic acids is 2. The van der Waals surface area contributed by atoms with E-state index in [1.54, 1.807) is 0 Å². The van der Waals surface area contributed by atoms with Crippen molar-refractivity contribution in [3.63, 3.8) is 0 Å². The number of rotatable bonds is 14. The number of hydrogen-bond acceptors (Lipinski definition) is 26. The average Bonchev–Trinajstić information content (AvgIpc) is 3.28. The summed E-state index contributed by atoms with van der Waals surface area (Å²) in [4.78, 5) is 42.8. The van der Waals surface area contributed by atoms with Crippen molar-refractivity contribution in [3.05, 3.63) is 139 Å². The van der Waals surface area contributed by atoms with E-state index in [4.69, 9.17) is 0 Å². The summed E-state index contributed by atoms with van der Waals surface area (Å²) in [5.74, 6) is -5.36. The first-order chi connectivity index (χ1) is 33.5. The number of nitro groups is 2. The van der Waals surface area contributed by atoms with E-state index >= 15 is 0 Å². The van der Waals surface area contributed by atoms with Crippen molar-refractivity contribution in [2.45, 2.75) is 14.7 Å². The van der Waals surface area contributed by atoms with Crippen LogP contribution in [-0.4, -0.2) is 84.7 Å². The largest absolute Gasteiger partial charge is 1.00 e. The minimum atomic E-state index is -5.64. The van der Waals surface area contributed by atoms with Crippen molar-refractivity contribution in [1.82, 2.24) is 0 Å². The van der Waals surface area contributed by atoms with E-state index in [-0.39, 0.29) is 135 Å². The van der Waals surface area contributed by atoms with E-state index in [0.29, 0.717) is 48.6 Å². The number of anilines is 2. The van der Waals surface area contributed by atoms with Gasteiger partial charge in [-0.25, -0.2) is 16.8 Å². The fraction of sp³-hybridized carbons (Fsp3) is 0. The molecule has 0 saturated heterocycles. The van der Waals surface area contributed by atoms with Gasteiger partial charge in [0.05, 0.1) is 69.1 Å². The molecule has 370 valence electrons. The van der Waals surface area contributed by atoms with Crippen molar-refractivity contribution >= 4 is 120 Å². The maximum Gasteiger partial charge on any atom is 1.00 e. The number of benzene rings is 5. The van der Waals surface area contributed by atoms with Gasteiger partial charge in [-0.05, 0) is 83.8 Å². The summed E-state index contributed by atoms with van der Waals surface area (Å²) >= 11 is 0.